The molecule has 2 heterocycles. The van der Waals surface area contributed by atoms with E-state index in [9.17, 15) is 13.2 Å². The SMILES string of the molecule is CS(=O)(=O)N[C@@H]1CCO[C@]2(CCN(C(=O)C3=CCCCC3)C2)C1. The van der Waals surface area contributed by atoms with Crippen LogP contribution >= 0.6 is 0 Å². The van der Waals surface area contributed by atoms with Gasteiger partial charge in [-0.2, -0.15) is 0 Å². The first-order chi connectivity index (χ1) is 10.9. The maximum absolute atomic E-state index is 12.6. The van der Waals surface area contributed by atoms with Gasteiger partial charge in [0.15, 0.2) is 0 Å². The molecular formula is C16H26N2O4S. The molecular weight excluding hydrogens is 316 g/mol. The third-order valence-electron chi connectivity index (χ3n) is 5.04. The van der Waals surface area contributed by atoms with Gasteiger partial charge in [-0.3, -0.25) is 4.79 Å². The van der Waals surface area contributed by atoms with Crippen LogP contribution in [0.4, 0.5) is 0 Å². The Labute approximate surface area is 138 Å². The van der Waals surface area contributed by atoms with Crippen molar-refractivity contribution in [2.75, 3.05) is 26.0 Å². The van der Waals surface area contributed by atoms with Crippen molar-refractivity contribution in [2.24, 2.45) is 0 Å². The third kappa shape index (κ3) is 4.14. The molecule has 2 saturated heterocycles. The van der Waals surface area contributed by atoms with Crippen LogP contribution in [0.25, 0.3) is 0 Å². The highest BCUT2D eigenvalue weighted by atomic mass is 32.2. The molecule has 0 radical (unpaired) electrons. The van der Waals surface area contributed by atoms with Crippen LogP contribution in [0.3, 0.4) is 0 Å². The number of nitrogens with one attached hydrogen (secondary N) is 1. The van der Waals surface area contributed by atoms with E-state index in [0.29, 0.717) is 32.5 Å². The van der Waals surface area contributed by atoms with E-state index < -0.39 is 10.0 Å². The van der Waals surface area contributed by atoms with E-state index in [-0.39, 0.29) is 17.6 Å². The van der Waals surface area contributed by atoms with Crippen LogP contribution in [0.1, 0.15) is 44.9 Å². The zero-order valence-electron chi connectivity index (χ0n) is 13.7. The molecule has 1 aliphatic carbocycles. The van der Waals surface area contributed by atoms with Crippen LogP contribution in [-0.4, -0.2) is 56.8 Å². The van der Waals surface area contributed by atoms with Crippen molar-refractivity contribution >= 4 is 15.9 Å². The molecule has 1 spiro atoms. The Balaban J connectivity index is 1.63. The molecule has 130 valence electrons. The zero-order valence-corrected chi connectivity index (χ0v) is 14.5. The highest BCUT2D eigenvalue weighted by Crippen LogP contribution is 2.35. The summed E-state index contributed by atoms with van der Waals surface area (Å²) in [5.74, 6) is 0.142. The van der Waals surface area contributed by atoms with Crippen LogP contribution in [0, 0.1) is 0 Å². The van der Waals surface area contributed by atoms with Crippen LogP contribution in [0.15, 0.2) is 11.6 Å². The summed E-state index contributed by atoms with van der Waals surface area (Å²) in [6.07, 6.45) is 9.51. The lowest BCUT2D eigenvalue weighted by Gasteiger charge is -2.38. The number of sulfonamides is 1. The van der Waals surface area contributed by atoms with E-state index >= 15 is 0 Å². The second-order valence-corrected chi connectivity index (χ2v) is 8.84. The second-order valence-electron chi connectivity index (χ2n) is 7.06. The lowest BCUT2D eigenvalue weighted by atomic mass is 9.90. The molecule has 2 atom stereocenters. The van der Waals surface area contributed by atoms with Crippen molar-refractivity contribution < 1.29 is 17.9 Å². The van der Waals surface area contributed by atoms with Crippen molar-refractivity contribution in [1.29, 1.82) is 0 Å². The molecule has 6 nitrogen and oxygen atoms in total. The minimum atomic E-state index is -3.21. The molecule has 0 aromatic heterocycles. The molecule has 2 aliphatic heterocycles. The summed E-state index contributed by atoms with van der Waals surface area (Å²) < 4.78 is 31.6. The summed E-state index contributed by atoms with van der Waals surface area (Å²) in [5, 5.41) is 0. The standard InChI is InChI=1S/C16H26N2O4S/c1-23(20,21)17-14-7-10-22-16(11-14)8-9-18(12-16)15(19)13-5-3-2-4-6-13/h5,14,17H,2-4,6-12H2,1H3/t14-,16-/m1/s1. The maximum atomic E-state index is 12.6. The van der Waals surface area contributed by atoms with Crippen molar-refractivity contribution in [3.05, 3.63) is 11.6 Å². The number of amides is 1. The number of hydrogen-bond donors (Lipinski definition) is 1. The van der Waals surface area contributed by atoms with Gasteiger partial charge in [0, 0.05) is 24.8 Å². The number of ether oxygens (including phenoxy) is 1. The minimum absolute atomic E-state index is 0.0947. The predicted octanol–water partition coefficient (Wildman–Crippen LogP) is 1.19. The summed E-state index contributed by atoms with van der Waals surface area (Å²) in [4.78, 5) is 14.5. The molecule has 3 rings (SSSR count). The number of likely N-dealkylation sites (tertiary alicyclic amines) is 1. The van der Waals surface area contributed by atoms with Gasteiger partial charge in [-0.1, -0.05) is 6.08 Å². The summed E-state index contributed by atoms with van der Waals surface area (Å²) in [6.45, 7) is 1.81. The Morgan fingerprint density at radius 3 is 2.96 bits per heavy atom. The monoisotopic (exact) mass is 342 g/mol. The Morgan fingerprint density at radius 1 is 1.43 bits per heavy atom. The fourth-order valence-electron chi connectivity index (χ4n) is 3.97. The largest absolute Gasteiger partial charge is 0.373 e. The molecule has 0 bridgehead atoms. The first-order valence-corrected chi connectivity index (χ1v) is 10.4. The Kier molecular flexibility index (Phi) is 4.80. The normalized spacial score (nSPS) is 32.1. The molecule has 0 saturated carbocycles. The van der Waals surface area contributed by atoms with Crippen LogP contribution in [0.2, 0.25) is 0 Å². The van der Waals surface area contributed by atoms with E-state index in [2.05, 4.69) is 10.8 Å². The van der Waals surface area contributed by atoms with Crippen molar-refractivity contribution in [3.63, 3.8) is 0 Å². The van der Waals surface area contributed by atoms with Gasteiger partial charge in [-0.05, 0) is 44.9 Å². The first kappa shape index (κ1) is 16.9. The fourth-order valence-corrected chi connectivity index (χ4v) is 4.78. The molecule has 0 aromatic carbocycles. The van der Waals surface area contributed by atoms with E-state index in [1.807, 2.05) is 4.90 Å². The number of carbonyl (C=O) groups is 1. The quantitative estimate of drug-likeness (QED) is 0.836. The van der Waals surface area contributed by atoms with Gasteiger partial charge in [0.1, 0.15) is 0 Å². The number of nitrogens with zero attached hydrogens (tertiary/aromatic N) is 1. The van der Waals surface area contributed by atoms with Crippen molar-refractivity contribution in [2.45, 2.75) is 56.6 Å². The maximum Gasteiger partial charge on any atom is 0.249 e. The molecule has 0 unspecified atom stereocenters. The van der Waals surface area contributed by atoms with Crippen molar-refractivity contribution in [3.8, 4) is 0 Å². The summed E-state index contributed by atoms with van der Waals surface area (Å²) in [7, 11) is -3.21. The lowest BCUT2D eigenvalue weighted by Crippen LogP contribution is -2.50. The topological polar surface area (TPSA) is 75.7 Å². The average molecular weight is 342 g/mol. The van der Waals surface area contributed by atoms with Crippen molar-refractivity contribution in [1.82, 2.24) is 9.62 Å². The second kappa shape index (κ2) is 6.53. The van der Waals surface area contributed by atoms with E-state index in [1.54, 1.807) is 0 Å². The zero-order chi connectivity index (χ0) is 16.5. The molecule has 1 N–H and O–H groups in total. The first-order valence-electron chi connectivity index (χ1n) is 8.47. The van der Waals surface area contributed by atoms with Crippen LogP contribution in [0.5, 0.6) is 0 Å². The molecule has 2 fully saturated rings. The number of allylic oxidation sites excluding steroid dienone is 1. The molecule has 23 heavy (non-hydrogen) atoms. The molecule has 0 aromatic rings. The molecule has 7 heteroatoms. The van der Waals surface area contributed by atoms with Gasteiger partial charge in [0.25, 0.3) is 0 Å². The number of rotatable bonds is 3. The smallest absolute Gasteiger partial charge is 0.249 e. The van der Waals surface area contributed by atoms with Gasteiger partial charge in [-0.15, -0.1) is 0 Å². The predicted molar refractivity (Wildman–Crippen MR) is 87.4 cm³/mol. The van der Waals surface area contributed by atoms with E-state index in [0.717, 1.165) is 31.3 Å². The summed E-state index contributed by atoms with van der Waals surface area (Å²) in [5.41, 5.74) is 0.556. The highest BCUT2D eigenvalue weighted by molar-refractivity contribution is 7.88. The highest BCUT2D eigenvalue weighted by Gasteiger charge is 2.45. The van der Waals surface area contributed by atoms with Gasteiger partial charge in [0.2, 0.25) is 15.9 Å². The van der Waals surface area contributed by atoms with Gasteiger partial charge in [-0.25, -0.2) is 13.1 Å². The van der Waals surface area contributed by atoms with E-state index in [1.165, 1.54) is 12.7 Å². The van der Waals surface area contributed by atoms with E-state index in [4.69, 9.17) is 4.74 Å². The Bertz CT molecular complexity index is 601. The minimum Gasteiger partial charge on any atom is -0.373 e. The summed E-state index contributed by atoms with van der Waals surface area (Å²) >= 11 is 0. The Morgan fingerprint density at radius 2 is 2.26 bits per heavy atom. The number of carbonyl (C=O) groups excluding carboxylic acids is 1. The van der Waals surface area contributed by atoms with Gasteiger partial charge < -0.3 is 9.64 Å². The Hall–Kier alpha value is -0.920. The lowest BCUT2D eigenvalue weighted by molar-refractivity contribution is -0.129. The van der Waals surface area contributed by atoms with Crippen LogP contribution < -0.4 is 4.72 Å². The van der Waals surface area contributed by atoms with Crippen LogP contribution in [-0.2, 0) is 19.6 Å². The third-order valence-corrected chi connectivity index (χ3v) is 5.80. The summed E-state index contributed by atoms with van der Waals surface area (Å²) in [6, 6.07) is -0.0947. The molecule has 3 aliphatic rings. The van der Waals surface area contributed by atoms with Gasteiger partial charge in [0.05, 0.1) is 18.4 Å². The fraction of sp³-hybridized carbons (Fsp3) is 0.812. The number of hydrogen-bond acceptors (Lipinski definition) is 4. The molecule has 1 amide bonds. The van der Waals surface area contributed by atoms with Gasteiger partial charge >= 0.3 is 0 Å². The average Bonchev–Trinajstić information content (AvgIpc) is 2.89.